The van der Waals surface area contributed by atoms with Crippen molar-refractivity contribution < 1.29 is 4.79 Å². The molecule has 1 amide bonds. The van der Waals surface area contributed by atoms with Gasteiger partial charge < -0.3 is 9.80 Å². The van der Waals surface area contributed by atoms with E-state index < -0.39 is 0 Å². The topological polar surface area (TPSA) is 23.6 Å². The first kappa shape index (κ1) is 12.0. The first-order valence-corrected chi connectivity index (χ1v) is 6.20. The van der Waals surface area contributed by atoms with Crippen LogP contribution in [-0.2, 0) is 4.79 Å². The van der Waals surface area contributed by atoms with Crippen LogP contribution >= 0.6 is 0 Å². The van der Waals surface area contributed by atoms with Gasteiger partial charge in [-0.25, -0.2) is 0 Å². The number of fused-ring (bicyclic) bond motifs is 1. The van der Waals surface area contributed by atoms with Crippen LogP contribution < -0.4 is 9.80 Å². The van der Waals surface area contributed by atoms with Gasteiger partial charge in [0.2, 0.25) is 5.91 Å². The second-order valence-electron chi connectivity index (χ2n) is 5.07. The molecule has 1 aromatic carbocycles. The van der Waals surface area contributed by atoms with E-state index in [2.05, 4.69) is 19.9 Å². The number of anilines is 2. The lowest BCUT2D eigenvalue weighted by Gasteiger charge is -2.35. The Hall–Kier alpha value is -1.51. The Morgan fingerprint density at radius 3 is 2.53 bits per heavy atom. The first-order valence-electron chi connectivity index (χ1n) is 6.20. The van der Waals surface area contributed by atoms with E-state index in [1.54, 1.807) is 0 Å². The van der Waals surface area contributed by atoms with Crippen molar-refractivity contribution in [2.45, 2.75) is 20.3 Å². The maximum absolute atomic E-state index is 12.1. The molecule has 92 valence electrons. The van der Waals surface area contributed by atoms with Gasteiger partial charge in [-0.1, -0.05) is 26.0 Å². The molecule has 0 radical (unpaired) electrons. The van der Waals surface area contributed by atoms with Crippen LogP contribution in [0.5, 0.6) is 0 Å². The molecule has 1 aliphatic heterocycles. The van der Waals surface area contributed by atoms with Gasteiger partial charge in [0.05, 0.1) is 17.9 Å². The van der Waals surface area contributed by atoms with Crippen LogP contribution in [0.1, 0.15) is 20.3 Å². The van der Waals surface area contributed by atoms with Gasteiger partial charge in [0.25, 0.3) is 0 Å². The number of nitrogens with zero attached hydrogens (tertiary/aromatic N) is 2. The second-order valence-corrected chi connectivity index (χ2v) is 5.07. The summed E-state index contributed by atoms with van der Waals surface area (Å²) in [6, 6.07) is 8.12. The molecule has 1 heterocycles. The fourth-order valence-electron chi connectivity index (χ4n) is 2.16. The van der Waals surface area contributed by atoms with Crippen molar-refractivity contribution in [1.82, 2.24) is 0 Å². The summed E-state index contributed by atoms with van der Waals surface area (Å²) in [6.07, 6.45) is 1.05. The molecule has 0 saturated carbocycles. The minimum atomic E-state index is 0.201. The van der Waals surface area contributed by atoms with E-state index in [1.807, 2.05) is 35.0 Å². The number of amides is 1. The zero-order valence-corrected chi connectivity index (χ0v) is 10.8. The lowest BCUT2D eigenvalue weighted by Crippen LogP contribution is -2.44. The number of benzene rings is 1. The molecule has 1 aliphatic rings. The number of rotatable bonds is 3. The van der Waals surface area contributed by atoms with E-state index in [1.165, 1.54) is 0 Å². The van der Waals surface area contributed by atoms with Gasteiger partial charge in [0.15, 0.2) is 0 Å². The van der Waals surface area contributed by atoms with Crippen LogP contribution in [0.15, 0.2) is 24.3 Å². The van der Waals surface area contributed by atoms with E-state index in [4.69, 9.17) is 0 Å². The minimum absolute atomic E-state index is 0.201. The fourth-order valence-corrected chi connectivity index (χ4v) is 2.16. The zero-order chi connectivity index (χ0) is 12.4. The summed E-state index contributed by atoms with van der Waals surface area (Å²) in [5.74, 6) is 0.821. The molecule has 1 aromatic rings. The van der Waals surface area contributed by atoms with Crippen LogP contribution in [-0.4, -0.2) is 26.0 Å². The summed E-state index contributed by atoms with van der Waals surface area (Å²) in [7, 11) is 1.97. The van der Waals surface area contributed by atoms with Crippen molar-refractivity contribution in [3.8, 4) is 0 Å². The quantitative estimate of drug-likeness (QED) is 0.799. The molecular formula is C14H20N2O. The number of hydrogen-bond acceptors (Lipinski definition) is 2. The number of carbonyl (C=O) groups excluding carboxylic acids is 1. The number of para-hydroxylation sites is 2. The van der Waals surface area contributed by atoms with Gasteiger partial charge >= 0.3 is 0 Å². The third kappa shape index (κ3) is 2.43. The minimum Gasteiger partial charge on any atom is -0.364 e. The second kappa shape index (κ2) is 4.78. The van der Waals surface area contributed by atoms with Gasteiger partial charge in [-0.15, -0.1) is 0 Å². The largest absolute Gasteiger partial charge is 0.364 e. The highest BCUT2D eigenvalue weighted by molar-refractivity contribution is 6.03. The maximum atomic E-state index is 12.1. The smallest absolute Gasteiger partial charge is 0.246 e. The monoisotopic (exact) mass is 232 g/mol. The average Bonchev–Trinajstić information content (AvgIpc) is 2.28. The van der Waals surface area contributed by atoms with E-state index >= 15 is 0 Å². The SMILES string of the molecule is CC(C)CCN1C(=O)CN(C)c2ccccc21. The number of carbonyl (C=O) groups is 1. The van der Waals surface area contributed by atoms with Crippen molar-refractivity contribution in [3.63, 3.8) is 0 Å². The molecule has 3 nitrogen and oxygen atoms in total. The third-order valence-electron chi connectivity index (χ3n) is 3.19. The van der Waals surface area contributed by atoms with Crippen LogP contribution in [0.3, 0.4) is 0 Å². The molecule has 0 spiro atoms. The number of likely N-dealkylation sites (N-methyl/N-ethyl adjacent to an activating group) is 1. The lowest BCUT2D eigenvalue weighted by molar-refractivity contribution is -0.117. The van der Waals surface area contributed by atoms with Gasteiger partial charge in [-0.05, 0) is 24.5 Å². The van der Waals surface area contributed by atoms with Crippen molar-refractivity contribution >= 4 is 17.3 Å². The molecule has 17 heavy (non-hydrogen) atoms. The van der Waals surface area contributed by atoms with Gasteiger partial charge in [0.1, 0.15) is 0 Å². The third-order valence-corrected chi connectivity index (χ3v) is 3.19. The van der Waals surface area contributed by atoms with E-state index in [9.17, 15) is 4.79 Å². The molecule has 0 aromatic heterocycles. The van der Waals surface area contributed by atoms with Crippen LogP contribution in [0.4, 0.5) is 11.4 Å². The Labute approximate surface area is 103 Å². The molecule has 3 heteroatoms. The van der Waals surface area contributed by atoms with Crippen LogP contribution in [0.25, 0.3) is 0 Å². The Kier molecular flexibility index (Phi) is 3.36. The maximum Gasteiger partial charge on any atom is 0.246 e. The average molecular weight is 232 g/mol. The molecular weight excluding hydrogens is 212 g/mol. The molecule has 0 atom stereocenters. The van der Waals surface area contributed by atoms with Gasteiger partial charge in [0, 0.05) is 13.6 Å². The summed E-state index contributed by atoms with van der Waals surface area (Å²) in [5, 5.41) is 0. The summed E-state index contributed by atoms with van der Waals surface area (Å²) in [4.78, 5) is 16.0. The fraction of sp³-hybridized carbons (Fsp3) is 0.500. The summed E-state index contributed by atoms with van der Waals surface area (Å²) >= 11 is 0. The Bertz CT molecular complexity index is 414. The Morgan fingerprint density at radius 2 is 1.88 bits per heavy atom. The Morgan fingerprint density at radius 1 is 1.24 bits per heavy atom. The molecule has 0 saturated heterocycles. The van der Waals surface area contributed by atoms with E-state index in [-0.39, 0.29) is 5.91 Å². The predicted octanol–water partition coefficient (Wildman–Crippen LogP) is 2.52. The zero-order valence-electron chi connectivity index (χ0n) is 10.8. The highest BCUT2D eigenvalue weighted by atomic mass is 16.2. The lowest BCUT2D eigenvalue weighted by atomic mass is 10.1. The van der Waals surface area contributed by atoms with E-state index in [0.717, 1.165) is 24.3 Å². The molecule has 2 rings (SSSR count). The predicted molar refractivity (Wildman–Crippen MR) is 71.5 cm³/mol. The summed E-state index contributed by atoms with van der Waals surface area (Å²) in [6.45, 7) is 5.68. The van der Waals surface area contributed by atoms with E-state index in [0.29, 0.717) is 12.5 Å². The highest BCUT2D eigenvalue weighted by Gasteiger charge is 2.26. The van der Waals surface area contributed by atoms with Crippen molar-refractivity contribution in [1.29, 1.82) is 0 Å². The molecule has 0 fully saturated rings. The normalized spacial score (nSPS) is 15.4. The Balaban J connectivity index is 2.26. The standard InChI is InChI=1S/C14H20N2O/c1-11(2)8-9-16-13-7-5-4-6-12(13)15(3)10-14(16)17/h4-7,11H,8-10H2,1-3H3. The molecule has 0 aliphatic carbocycles. The summed E-state index contributed by atoms with van der Waals surface area (Å²) < 4.78 is 0. The number of hydrogen-bond donors (Lipinski definition) is 0. The highest BCUT2D eigenvalue weighted by Crippen LogP contribution is 2.32. The van der Waals surface area contributed by atoms with Crippen molar-refractivity contribution in [2.24, 2.45) is 5.92 Å². The molecule has 0 bridgehead atoms. The van der Waals surface area contributed by atoms with Crippen molar-refractivity contribution in [3.05, 3.63) is 24.3 Å². The van der Waals surface area contributed by atoms with Gasteiger partial charge in [-0.3, -0.25) is 4.79 Å². The van der Waals surface area contributed by atoms with Crippen LogP contribution in [0.2, 0.25) is 0 Å². The van der Waals surface area contributed by atoms with Crippen molar-refractivity contribution in [2.75, 3.05) is 29.9 Å². The molecule has 0 N–H and O–H groups in total. The first-order chi connectivity index (χ1) is 8.09. The summed E-state index contributed by atoms with van der Waals surface area (Å²) in [5.41, 5.74) is 2.20. The van der Waals surface area contributed by atoms with Gasteiger partial charge in [-0.2, -0.15) is 0 Å². The van der Waals surface area contributed by atoms with Crippen LogP contribution in [0, 0.1) is 5.92 Å². The molecule has 0 unspecified atom stereocenters.